The average molecular weight is 286 g/mol. The maximum absolute atomic E-state index is 11.2. The van der Waals surface area contributed by atoms with Crippen molar-refractivity contribution in [1.82, 2.24) is 4.98 Å². The molecule has 1 unspecified atom stereocenters. The number of carbonyl (C=O) groups is 3. The van der Waals surface area contributed by atoms with Crippen LogP contribution in [0.2, 0.25) is 0 Å². The summed E-state index contributed by atoms with van der Waals surface area (Å²) in [5.74, 6) is -2.79. The second-order valence-electron chi connectivity index (χ2n) is 3.12. The van der Waals surface area contributed by atoms with Crippen LogP contribution >= 0.6 is 15.9 Å². The van der Waals surface area contributed by atoms with Gasteiger partial charge in [0, 0.05) is 10.7 Å². The van der Waals surface area contributed by atoms with Crippen LogP contribution in [0.5, 0.6) is 0 Å². The third-order valence-electron chi connectivity index (χ3n) is 1.98. The van der Waals surface area contributed by atoms with Gasteiger partial charge in [-0.05, 0) is 28.9 Å². The molecular formula is C10H8BrNO4. The maximum atomic E-state index is 11.2. The first kappa shape index (κ1) is 12.5. The topological polar surface area (TPSA) is 84.3 Å². The van der Waals surface area contributed by atoms with Crippen LogP contribution in [-0.4, -0.2) is 28.1 Å². The van der Waals surface area contributed by atoms with E-state index in [4.69, 9.17) is 5.11 Å². The van der Waals surface area contributed by atoms with Gasteiger partial charge in [0.25, 0.3) is 0 Å². The first-order chi connectivity index (χ1) is 7.47. The summed E-state index contributed by atoms with van der Waals surface area (Å²) < 4.78 is 0.474. The number of ketones is 1. The summed E-state index contributed by atoms with van der Waals surface area (Å²) in [5, 5.41) is 8.93. The molecule has 6 heteroatoms. The number of Topliss-reactive ketones (excluding diaryl/α,β-unsaturated/α-hetero) is 1. The summed E-state index contributed by atoms with van der Waals surface area (Å²) in [5.41, 5.74) is -0.181. The average Bonchev–Trinajstić information content (AvgIpc) is 2.20. The molecule has 0 radical (unpaired) electrons. The molecule has 0 aliphatic rings. The number of halogens is 1. The second kappa shape index (κ2) is 4.98. The van der Waals surface area contributed by atoms with E-state index in [1.54, 1.807) is 0 Å². The van der Waals surface area contributed by atoms with Crippen molar-refractivity contribution in [3.8, 4) is 0 Å². The number of hydrogen-bond acceptors (Lipinski definition) is 4. The van der Waals surface area contributed by atoms with Crippen LogP contribution in [0.1, 0.15) is 28.9 Å². The predicted octanol–water partition coefficient (Wildman–Crippen LogP) is 1.41. The number of carboxylic acids is 1. The Kier molecular flexibility index (Phi) is 3.89. The number of carbonyl (C=O) groups excluding carboxylic acids is 2. The molecule has 0 spiro atoms. The molecule has 1 aromatic heterocycles. The van der Waals surface area contributed by atoms with Gasteiger partial charge in [0.1, 0.15) is 18.0 Å². The molecular weight excluding hydrogens is 278 g/mol. The monoisotopic (exact) mass is 285 g/mol. The smallest absolute Gasteiger partial charge is 0.337 e. The first-order valence-corrected chi connectivity index (χ1v) is 5.11. The Labute approximate surface area is 99.6 Å². The van der Waals surface area contributed by atoms with Crippen molar-refractivity contribution in [2.24, 2.45) is 0 Å². The van der Waals surface area contributed by atoms with Crippen molar-refractivity contribution in [1.29, 1.82) is 0 Å². The van der Waals surface area contributed by atoms with Crippen LogP contribution in [0.25, 0.3) is 0 Å². The molecule has 0 aromatic carbocycles. The van der Waals surface area contributed by atoms with Crippen LogP contribution in [0.15, 0.2) is 16.7 Å². The van der Waals surface area contributed by atoms with Crippen molar-refractivity contribution in [3.05, 3.63) is 28.0 Å². The van der Waals surface area contributed by atoms with Crippen molar-refractivity contribution in [2.45, 2.75) is 12.8 Å². The fraction of sp³-hybridized carbons (Fsp3) is 0.200. The van der Waals surface area contributed by atoms with E-state index < -0.39 is 17.7 Å². The van der Waals surface area contributed by atoms with E-state index in [-0.39, 0.29) is 11.3 Å². The van der Waals surface area contributed by atoms with E-state index in [0.717, 1.165) is 0 Å². The summed E-state index contributed by atoms with van der Waals surface area (Å²) in [6.07, 6.45) is 1.74. The highest BCUT2D eigenvalue weighted by Crippen LogP contribution is 2.20. The van der Waals surface area contributed by atoms with Gasteiger partial charge >= 0.3 is 5.97 Å². The van der Waals surface area contributed by atoms with Gasteiger partial charge < -0.3 is 9.90 Å². The molecule has 84 valence electrons. The Morgan fingerprint density at radius 2 is 2.19 bits per heavy atom. The molecule has 0 amide bonds. The molecule has 1 rings (SSSR count). The molecule has 1 N–H and O–H groups in total. The van der Waals surface area contributed by atoms with E-state index in [9.17, 15) is 14.4 Å². The van der Waals surface area contributed by atoms with Crippen LogP contribution in [0.4, 0.5) is 0 Å². The lowest BCUT2D eigenvalue weighted by Gasteiger charge is -2.09. The van der Waals surface area contributed by atoms with Crippen molar-refractivity contribution in [2.75, 3.05) is 0 Å². The molecule has 0 saturated carbocycles. The van der Waals surface area contributed by atoms with Crippen LogP contribution < -0.4 is 0 Å². The Morgan fingerprint density at radius 1 is 1.56 bits per heavy atom. The normalized spacial score (nSPS) is 11.9. The van der Waals surface area contributed by atoms with Crippen LogP contribution in [0, 0.1) is 0 Å². The molecule has 0 bridgehead atoms. The SMILES string of the molecule is CC(=O)C(C=O)c1ncc(Br)cc1C(=O)O. The number of pyridine rings is 1. The van der Waals surface area contributed by atoms with E-state index in [2.05, 4.69) is 20.9 Å². The molecule has 0 saturated heterocycles. The highest BCUT2D eigenvalue weighted by atomic mass is 79.9. The minimum Gasteiger partial charge on any atom is -0.478 e. The Bertz CT molecular complexity index is 458. The third-order valence-corrected chi connectivity index (χ3v) is 2.42. The van der Waals surface area contributed by atoms with E-state index in [0.29, 0.717) is 10.8 Å². The van der Waals surface area contributed by atoms with Gasteiger partial charge in [0.05, 0.1) is 11.3 Å². The van der Waals surface area contributed by atoms with E-state index in [1.807, 2.05) is 0 Å². The molecule has 0 aliphatic carbocycles. The number of rotatable bonds is 4. The molecule has 0 fully saturated rings. The lowest BCUT2D eigenvalue weighted by molar-refractivity contribution is -0.122. The zero-order chi connectivity index (χ0) is 12.3. The molecule has 16 heavy (non-hydrogen) atoms. The maximum Gasteiger partial charge on any atom is 0.337 e. The zero-order valence-corrected chi connectivity index (χ0v) is 9.89. The second-order valence-corrected chi connectivity index (χ2v) is 4.03. The molecule has 0 aliphatic heterocycles. The van der Waals surface area contributed by atoms with Gasteiger partial charge in [-0.2, -0.15) is 0 Å². The largest absolute Gasteiger partial charge is 0.478 e. The Hall–Kier alpha value is -1.56. The Morgan fingerprint density at radius 3 is 2.62 bits per heavy atom. The number of aldehydes is 1. The molecule has 1 atom stereocenters. The van der Waals surface area contributed by atoms with Gasteiger partial charge in [-0.25, -0.2) is 4.79 Å². The summed E-state index contributed by atoms with van der Waals surface area (Å²) in [6, 6.07) is 1.31. The fourth-order valence-corrected chi connectivity index (χ4v) is 1.55. The molecule has 1 aromatic rings. The molecule has 5 nitrogen and oxygen atoms in total. The van der Waals surface area contributed by atoms with E-state index in [1.165, 1.54) is 19.2 Å². The van der Waals surface area contributed by atoms with Gasteiger partial charge in [0.2, 0.25) is 0 Å². The zero-order valence-electron chi connectivity index (χ0n) is 8.31. The van der Waals surface area contributed by atoms with Gasteiger partial charge in [-0.1, -0.05) is 0 Å². The van der Waals surface area contributed by atoms with E-state index >= 15 is 0 Å². The lowest BCUT2D eigenvalue weighted by Crippen LogP contribution is -2.16. The number of hydrogen-bond donors (Lipinski definition) is 1. The number of carboxylic acid groups (broad SMARTS) is 1. The van der Waals surface area contributed by atoms with Gasteiger partial charge in [-0.3, -0.25) is 9.78 Å². The fourth-order valence-electron chi connectivity index (χ4n) is 1.22. The van der Waals surface area contributed by atoms with Gasteiger partial charge in [-0.15, -0.1) is 0 Å². The predicted molar refractivity (Wildman–Crippen MR) is 58.4 cm³/mol. The highest BCUT2D eigenvalue weighted by molar-refractivity contribution is 9.10. The van der Waals surface area contributed by atoms with Crippen LogP contribution in [-0.2, 0) is 9.59 Å². The van der Waals surface area contributed by atoms with Crippen molar-refractivity contribution >= 4 is 34.0 Å². The minimum absolute atomic E-state index is 0.0294. The summed E-state index contributed by atoms with van der Waals surface area (Å²) in [7, 11) is 0. The number of aromatic nitrogens is 1. The van der Waals surface area contributed by atoms with Crippen LogP contribution in [0.3, 0.4) is 0 Å². The summed E-state index contributed by atoms with van der Waals surface area (Å²) in [6.45, 7) is 1.22. The standard InChI is InChI=1S/C10H8BrNO4/c1-5(14)8(4-13)9-7(10(15)16)2-6(11)3-12-9/h2-4,8H,1H3,(H,15,16). The van der Waals surface area contributed by atoms with Crippen molar-refractivity contribution < 1.29 is 19.5 Å². The lowest BCUT2D eigenvalue weighted by atomic mass is 9.98. The molecule has 1 heterocycles. The van der Waals surface area contributed by atoms with Gasteiger partial charge in [0.15, 0.2) is 0 Å². The Balaban J connectivity index is 3.37. The quantitative estimate of drug-likeness (QED) is 0.668. The minimum atomic E-state index is -1.23. The number of nitrogens with zero attached hydrogens (tertiary/aromatic N) is 1. The number of aromatic carboxylic acids is 1. The van der Waals surface area contributed by atoms with Crippen molar-refractivity contribution in [3.63, 3.8) is 0 Å². The summed E-state index contributed by atoms with van der Waals surface area (Å²) >= 11 is 3.07. The highest BCUT2D eigenvalue weighted by Gasteiger charge is 2.24. The third kappa shape index (κ3) is 2.52. The summed E-state index contributed by atoms with van der Waals surface area (Å²) in [4.78, 5) is 36.6. The first-order valence-electron chi connectivity index (χ1n) is 4.32.